The van der Waals surface area contributed by atoms with Crippen LogP contribution in [0.25, 0.3) is 5.00 Å². The second-order valence-corrected chi connectivity index (χ2v) is 10.3. The van der Waals surface area contributed by atoms with Crippen molar-refractivity contribution in [3.8, 4) is 5.00 Å². The van der Waals surface area contributed by atoms with E-state index in [2.05, 4.69) is 71.5 Å². The third-order valence-electron chi connectivity index (χ3n) is 7.17. The van der Waals surface area contributed by atoms with Gasteiger partial charge in [-0.25, -0.2) is 4.79 Å². The predicted octanol–water partition coefficient (Wildman–Crippen LogP) is 7.12. The van der Waals surface area contributed by atoms with Gasteiger partial charge < -0.3 is 14.8 Å². The van der Waals surface area contributed by atoms with Gasteiger partial charge in [0.1, 0.15) is 5.00 Å². The zero-order chi connectivity index (χ0) is 23.1. The summed E-state index contributed by atoms with van der Waals surface area (Å²) >= 11 is 1.92. The quantitative estimate of drug-likeness (QED) is 0.342. The molecule has 1 aliphatic carbocycles. The zero-order valence-corrected chi connectivity index (χ0v) is 20.3. The fourth-order valence-electron chi connectivity index (χ4n) is 5.39. The van der Waals surface area contributed by atoms with Gasteiger partial charge in [-0.3, -0.25) is 0 Å². The number of thiophene rings is 1. The van der Waals surface area contributed by atoms with Gasteiger partial charge in [0, 0.05) is 22.3 Å². The van der Waals surface area contributed by atoms with E-state index >= 15 is 0 Å². The van der Waals surface area contributed by atoms with Crippen molar-refractivity contribution in [2.45, 2.75) is 51.6 Å². The predicted molar refractivity (Wildman–Crippen MR) is 139 cm³/mol. The van der Waals surface area contributed by atoms with Crippen molar-refractivity contribution >= 4 is 23.1 Å². The average molecular weight is 468 g/mol. The highest BCUT2D eigenvalue weighted by molar-refractivity contribution is 7.15. The van der Waals surface area contributed by atoms with Crippen LogP contribution in [0.1, 0.15) is 58.6 Å². The normalized spacial score (nSPS) is 16.9. The summed E-state index contributed by atoms with van der Waals surface area (Å²) in [5, 5.41) is 4.49. The Bertz CT molecular complexity index is 1320. The van der Waals surface area contributed by atoms with Crippen LogP contribution in [0.15, 0.2) is 72.9 Å². The molecule has 0 fully saturated rings. The lowest BCUT2D eigenvalue weighted by molar-refractivity contribution is 0.194. The summed E-state index contributed by atoms with van der Waals surface area (Å²) in [7, 11) is 0. The van der Waals surface area contributed by atoms with Crippen molar-refractivity contribution in [2.24, 2.45) is 0 Å². The Balaban J connectivity index is 1.46. The summed E-state index contributed by atoms with van der Waals surface area (Å²) in [5.41, 5.74) is 7.17. The van der Waals surface area contributed by atoms with E-state index in [1.807, 2.05) is 34.4 Å². The molecule has 2 aromatic carbocycles. The fraction of sp³-hybridized carbons (Fsp3) is 0.276. The second kappa shape index (κ2) is 8.80. The van der Waals surface area contributed by atoms with E-state index < -0.39 is 0 Å². The SMILES string of the molecule is CCc1ccc(NC(=O)N2Cc3c(sc4c3CCCC4)-n3cccc3[C@H]2c2ccccc2)cc1. The first-order valence-electron chi connectivity index (χ1n) is 12.3. The van der Waals surface area contributed by atoms with E-state index in [1.54, 1.807) is 0 Å². The fourth-order valence-corrected chi connectivity index (χ4v) is 6.80. The number of carbonyl (C=O) groups is 1. The van der Waals surface area contributed by atoms with Crippen LogP contribution in [0.2, 0.25) is 0 Å². The number of carbonyl (C=O) groups excluding carboxylic acids is 1. The van der Waals surface area contributed by atoms with Gasteiger partial charge in [0.2, 0.25) is 0 Å². The standard InChI is InChI=1S/C29H29N3OS/c1-2-20-14-16-22(17-15-20)30-29(33)32-19-24-23-11-6-7-13-26(23)34-28(24)31-18-8-12-25(31)27(32)21-9-4-3-5-10-21/h3-5,8-10,12,14-18,27H,2,6-7,11,13,19H2,1H3,(H,30,33)/t27-/m1/s1. The monoisotopic (exact) mass is 467 g/mol. The molecule has 6 rings (SSSR count). The molecule has 2 aromatic heterocycles. The number of nitrogens with one attached hydrogen (secondary N) is 1. The highest BCUT2D eigenvalue weighted by atomic mass is 32.1. The number of hydrogen-bond acceptors (Lipinski definition) is 2. The molecule has 0 unspecified atom stereocenters. The molecule has 0 saturated carbocycles. The van der Waals surface area contributed by atoms with Crippen molar-refractivity contribution in [2.75, 3.05) is 5.32 Å². The summed E-state index contributed by atoms with van der Waals surface area (Å²) in [4.78, 5) is 17.4. The number of hydrogen-bond donors (Lipinski definition) is 1. The molecule has 4 nitrogen and oxygen atoms in total. The van der Waals surface area contributed by atoms with E-state index in [4.69, 9.17) is 0 Å². The van der Waals surface area contributed by atoms with Gasteiger partial charge in [0.05, 0.1) is 18.3 Å². The van der Waals surface area contributed by atoms with Crippen molar-refractivity contribution in [1.82, 2.24) is 9.47 Å². The maximum Gasteiger partial charge on any atom is 0.322 e. The molecule has 4 aromatic rings. The third kappa shape index (κ3) is 3.64. The lowest BCUT2D eigenvalue weighted by Gasteiger charge is -2.31. The summed E-state index contributed by atoms with van der Waals surface area (Å²) in [6.07, 6.45) is 7.90. The maximum atomic E-state index is 13.9. The molecule has 172 valence electrons. The minimum Gasteiger partial charge on any atom is -0.310 e. The minimum absolute atomic E-state index is 0.0607. The van der Waals surface area contributed by atoms with Crippen molar-refractivity contribution in [1.29, 1.82) is 0 Å². The number of aromatic nitrogens is 1. The first kappa shape index (κ1) is 21.2. The lowest BCUT2D eigenvalue weighted by atomic mass is 9.95. The van der Waals surface area contributed by atoms with E-state index in [1.165, 1.54) is 39.4 Å². The minimum atomic E-state index is -0.162. The van der Waals surface area contributed by atoms with Gasteiger partial charge >= 0.3 is 6.03 Å². The van der Waals surface area contributed by atoms with Crippen LogP contribution < -0.4 is 5.32 Å². The molecule has 0 spiro atoms. The van der Waals surface area contributed by atoms with Crippen molar-refractivity contribution in [3.05, 3.63) is 106 Å². The van der Waals surface area contributed by atoms with Crippen LogP contribution in [0.4, 0.5) is 10.5 Å². The number of anilines is 1. The largest absolute Gasteiger partial charge is 0.322 e. The topological polar surface area (TPSA) is 37.3 Å². The molecule has 3 heterocycles. The van der Waals surface area contributed by atoms with Gasteiger partial charge in [-0.2, -0.15) is 0 Å². The maximum absolute atomic E-state index is 13.9. The molecule has 2 aliphatic rings. The zero-order valence-electron chi connectivity index (χ0n) is 19.5. The van der Waals surface area contributed by atoms with Gasteiger partial charge in [0.25, 0.3) is 0 Å². The van der Waals surface area contributed by atoms with E-state index in [0.29, 0.717) is 6.54 Å². The van der Waals surface area contributed by atoms with Gasteiger partial charge in [-0.05, 0) is 73.1 Å². The molecule has 2 amide bonds. The van der Waals surface area contributed by atoms with Crippen LogP contribution in [0, 0.1) is 0 Å². The van der Waals surface area contributed by atoms with Crippen LogP contribution in [0.3, 0.4) is 0 Å². The molecular formula is C29H29N3OS. The molecule has 5 heteroatoms. The Morgan fingerprint density at radius 1 is 0.971 bits per heavy atom. The van der Waals surface area contributed by atoms with Crippen LogP contribution in [-0.2, 0) is 25.8 Å². The van der Waals surface area contributed by atoms with E-state index in [9.17, 15) is 4.79 Å². The Morgan fingerprint density at radius 2 is 1.76 bits per heavy atom. The Kier molecular flexibility index (Phi) is 5.50. The average Bonchev–Trinajstić information content (AvgIpc) is 3.47. The number of fused-ring (bicyclic) bond motifs is 5. The summed E-state index contributed by atoms with van der Waals surface area (Å²) in [6.45, 7) is 2.75. The lowest BCUT2D eigenvalue weighted by Crippen LogP contribution is -2.38. The van der Waals surface area contributed by atoms with Crippen molar-refractivity contribution in [3.63, 3.8) is 0 Å². The van der Waals surface area contributed by atoms with E-state index in [0.717, 1.165) is 36.2 Å². The summed E-state index contributed by atoms with van der Waals surface area (Å²) in [6, 6.07) is 22.7. The Labute approximate surface area is 204 Å². The smallest absolute Gasteiger partial charge is 0.310 e. The first-order valence-corrected chi connectivity index (χ1v) is 13.1. The first-order chi connectivity index (χ1) is 16.7. The highest BCUT2D eigenvalue weighted by Gasteiger charge is 2.36. The third-order valence-corrected chi connectivity index (χ3v) is 8.50. The van der Waals surface area contributed by atoms with Crippen LogP contribution in [0.5, 0.6) is 0 Å². The van der Waals surface area contributed by atoms with E-state index in [-0.39, 0.29) is 12.1 Å². The number of amides is 2. The number of rotatable bonds is 3. The molecule has 1 N–H and O–H groups in total. The molecule has 0 bridgehead atoms. The number of nitrogens with zero attached hydrogens (tertiary/aromatic N) is 2. The molecule has 1 atom stereocenters. The number of aryl methyl sites for hydroxylation is 2. The molecular weight excluding hydrogens is 438 g/mol. The molecule has 0 radical (unpaired) electrons. The second-order valence-electron chi connectivity index (χ2n) is 9.22. The van der Waals surface area contributed by atoms with Gasteiger partial charge in [-0.15, -0.1) is 11.3 Å². The summed E-state index contributed by atoms with van der Waals surface area (Å²) < 4.78 is 2.33. The van der Waals surface area contributed by atoms with Crippen LogP contribution >= 0.6 is 11.3 Å². The Hall–Kier alpha value is -3.31. The van der Waals surface area contributed by atoms with Crippen LogP contribution in [-0.4, -0.2) is 15.5 Å². The van der Waals surface area contributed by atoms with Gasteiger partial charge in [-0.1, -0.05) is 49.4 Å². The number of benzene rings is 2. The molecule has 1 aliphatic heterocycles. The Morgan fingerprint density at radius 3 is 2.56 bits per heavy atom. The summed E-state index contributed by atoms with van der Waals surface area (Å²) in [5.74, 6) is 0. The molecule has 34 heavy (non-hydrogen) atoms. The number of urea groups is 1. The van der Waals surface area contributed by atoms with Gasteiger partial charge in [0.15, 0.2) is 0 Å². The molecule has 0 saturated heterocycles. The van der Waals surface area contributed by atoms with Crippen molar-refractivity contribution < 1.29 is 4.79 Å². The highest BCUT2D eigenvalue weighted by Crippen LogP contribution is 2.44.